The SMILES string of the molecule is N#Cc1cccc(C#Cc2cncc3cc(C=C4SC(=O)NC4=O)oc23)c1. The van der Waals surface area contributed by atoms with Gasteiger partial charge in [-0.25, -0.2) is 0 Å². The topological polar surface area (TPSA) is 96.0 Å². The minimum Gasteiger partial charge on any atom is -0.455 e. The van der Waals surface area contributed by atoms with E-state index in [2.05, 4.69) is 28.2 Å². The lowest BCUT2D eigenvalue weighted by atomic mass is 10.1. The van der Waals surface area contributed by atoms with Gasteiger partial charge in [-0.1, -0.05) is 17.9 Å². The molecule has 1 N–H and O–H groups in total. The molecule has 2 aromatic heterocycles. The molecule has 0 spiro atoms. The zero-order chi connectivity index (χ0) is 18.8. The number of thioether (sulfide) groups is 1. The number of pyridine rings is 1. The number of imide groups is 1. The van der Waals surface area contributed by atoms with E-state index in [-0.39, 0.29) is 4.91 Å². The highest BCUT2D eigenvalue weighted by Gasteiger charge is 2.25. The number of nitrogens with one attached hydrogen (secondary N) is 1. The number of hydrogen-bond acceptors (Lipinski definition) is 6. The normalized spacial score (nSPS) is 14.7. The van der Waals surface area contributed by atoms with E-state index in [0.29, 0.717) is 28.0 Å². The van der Waals surface area contributed by atoms with E-state index in [0.717, 1.165) is 17.1 Å². The Morgan fingerprint density at radius 3 is 2.78 bits per heavy atom. The third-order valence-electron chi connectivity index (χ3n) is 3.69. The summed E-state index contributed by atoms with van der Waals surface area (Å²) in [4.78, 5) is 27.3. The summed E-state index contributed by atoms with van der Waals surface area (Å²) in [5.74, 6) is 5.98. The lowest BCUT2D eigenvalue weighted by molar-refractivity contribution is -0.115. The first-order valence-corrected chi connectivity index (χ1v) is 8.58. The largest absolute Gasteiger partial charge is 0.455 e. The van der Waals surface area contributed by atoms with Crippen molar-refractivity contribution < 1.29 is 14.0 Å². The zero-order valence-electron chi connectivity index (χ0n) is 13.6. The number of fused-ring (bicyclic) bond motifs is 1. The first-order chi connectivity index (χ1) is 13.1. The van der Waals surface area contributed by atoms with Gasteiger partial charge in [-0.05, 0) is 36.0 Å². The summed E-state index contributed by atoms with van der Waals surface area (Å²) in [6, 6.07) is 10.8. The number of aromatic nitrogens is 1. The van der Waals surface area contributed by atoms with Crippen LogP contribution in [0.2, 0.25) is 0 Å². The molecule has 0 atom stereocenters. The first-order valence-electron chi connectivity index (χ1n) is 7.77. The van der Waals surface area contributed by atoms with Crippen LogP contribution in [0.3, 0.4) is 0 Å². The molecule has 7 heteroatoms. The Bertz CT molecular complexity index is 1240. The summed E-state index contributed by atoms with van der Waals surface area (Å²) in [7, 11) is 0. The average molecular weight is 371 g/mol. The summed E-state index contributed by atoms with van der Waals surface area (Å²) in [5, 5.41) is 11.5. The van der Waals surface area contributed by atoms with Gasteiger partial charge in [-0.2, -0.15) is 5.26 Å². The maximum atomic E-state index is 11.7. The Balaban J connectivity index is 1.71. The third-order valence-corrected chi connectivity index (χ3v) is 4.50. The molecule has 0 bridgehead atoms. The van der Waals surface area contributed by atoms with Crippen molar-refractivity contribution in [2.45, 2.75) is 0 Å². The van der Waals surface area contributed by atoms with Crippen LogP contribution in [0.15, 0.2) is 52.0 Å². The summed E-state index contributed by atoms with van der Waals surface area (Å²) < 4.78 is 5.80. The molecule has 1 fully saturated rings. The van der Waals surface area contributed by atoms with Gasteiger partial charge in [-0.15, -0.1) is 0 Å². The van der Waals surface area contributed by atoms with Crippen LogP contribution in [-0.4, -0.2) is 16.1 Å². The third kappa shape index (κ3) is 3.45. The van der Waals surface area contributed by atoms with Crippen molar-refractivity contribution in [2.75, 3.05) is 0 Å². The van der Waals surface area contributed by atoms with Crippen molar-refractivity contribution in [3.63, 3.8) is 0 Å². The predicted molar refractivity (Wildman–Crippen MR) is 100 cm³/mol. The number of hydrogen-bond donors (Lipinski definition) is 1. The standard InChI is InChI=1S/C20H9N3O3S/c21-9-13-3-1-2-12(6-13)4-5-14-10-22-11-15-7-16(26-18(14)15)8-17-19(24)23-20(25)27-17/h1-3,6-8,10-11H,(H,23,24,25). The number of carbonyl (C=O) groups is 2. The van der Waals surface area contributed by atoms with E-state index in [1.165, 1.54) is 6.08 Å². The molecule has 3 heterocycles. The van der Waals surface area contributed by atoms with Crippen molar-refractivity contribution in [1.82, 2.24) is 10.3 Å². The van der Waals surface area contributed by atoms with Crippen molar-refractivity contribution in [3.8, 4) is 17.9 Å². The van der Waals surface area contributed by atoms with Gasteiger partial charge in [0.05, 0.1) is 22.1 Å². The number of rotatable bonds is 1. The van der Waals surface area contributed by atoms with E-state index in [1.54, 1.807) is 36.7 Å². The molecule has 0 aliphatic carbocycles. The minimum atomic E-state index is -0.444. The van der Waals surface area contributed by atoms with Crippen LogP contribution in [0.4, 0.5) is 4.79 Å². The molecule has 128 valence electrons. The molecule has 2 amide bonds. The monoisotopic (exact) mass is 371 g/mol. The van der Waals surface area contributed by atoms with E-state index in [1.807, 2.05) is 6.07 Å². The molecule has 3 aromatic rings. The van der Waals surface area contributed by atoms with Gasteiger partial charge < -0.3 is 4.42 Å². The number of amides is 2. The van der Waals surface area contributed by atoms with Gasteiger partial charge in [-0.3, -0.25) is 19.9 Å². The van der Waals surface area contributed by atoms with Gasteiger partial charge in [0.2, 0.25) is 0 Å². The molecule has 1 aromatic carbocycles. The number of nitriles is 1. The fourth-order valence-electron chi connectivity index (χ4n) is 2.50. The van der Waals surface area contributed by atoms with Crippen LogP contribution in [0, 0.1) is 23.2 Å². The summed E-state index contributed by atoms with van der Waals surface area (Å²) in [5.41, 5.74) is 2.36. The Morgan fingerprint density at radius 2 is 2.00 bits per heavy atom. The molecule has 0 unspecified atom stereocenters. The van der Waals surface area contributed by atoms with E-state index in [9.17, 15) is 9.59 Å². The highest BCUT2D eigenvalue weighted by Crippen LogP contribution is 2.28. The van der Waals surface area contributed by atoms with Gasteiger partial charge in [0.1, 0.15) is 5.76 Å². The molecule has 1 aliphatic rings. The second-order valence-electron chi connectivity index (χ2n) is 5.55. The molecule has 27 heavy (non-hydrogen) atoms. The number of benzene rings is 1. The molecule has 6 nitrogen and oxygen atoms in total. The smallest absolute Gasteiger partial charge is 0.290 e. The van der Waals surface area contributed by atoms with Gasteiger partial charge in [0, 0.05) is 29.4 Å². The quantitative estimate of drug-likeness (QED) is 0.520. The molecule has 4 rings (SSSR count). The van der Waals surface area contributed by atoms with Crippen LogP contribution in [0.1, 0.15) is 22.5 Å². The molecule has 0 saturated carbocycles. The Labute approximate surface area is 157 Å². The summed E-state index contributed by atoms with van der Waals surface area (Å²) >= 11 is 0.825. The van der Waals surface area contributed by atoms with Crippen molar-refractivity contribution >= 4 is 40.0 Å². The highest BCUT2D eigenvalue weighted by molar-refractivity contribution is 8.18. The van der Waals surface area contributed by atoms with Crippen molar-refractivity contribution in [2.24, 2.45) is 0 Å². The summed E-state index contributed by atoms with van der Waals surface area (Å²) in [6.45, 7) is 0. The van der Waals surface area contributed by atoms with Crippen molar-refractivity contribution in [3.05, 3.63) is 70.1 Å². The summed E-state index contributed by atoms with van der Waals surface area (Å²) in [6.07, 6.45) is 4.73. The minimum absolute atomic E-state index is 0.271. The van der Waals surface area contributed by atoms with Crippen LogP contribution < -0.4 is 5.32 Å². The molecular formula is C20H9N3O3S. The van der Waals surface area contributed by atoms with Crippen LogP contribution in [0.5, 0.6) is 0 Å². The zero-order valence-corrected chi connectivity index (χ0v) is 14.5. The fraction of sp³-hybridized carbons (Fsp3) is 0. The maximum absolute atomic E-state index is 11.7. The lowest BCUT2D eigenvalue weighted by Gasteiger charge is -1.93. The molecule has 1 aliphatic heterocycles. The lowest BCUT2D eigenvalue weighted by Crippen LogP contribution is -2.17. The predicted octanol–water partition coefficient (Wildman–Crippen LogP) is 3.42. The number of carbonyl (C=O) groups excluding carboxylic acids is 2. The highest BCUT2D eigenvalue weighted by atomic mass is 32.2. The van der Waals surface area contributed by atoms with Gasteiger partial charge >= 0.3 is 0 Å². The van der Waals surface area contributed by atoms with E-state index < -0.39 is 11.1 Å². The first kappa shape index (κ1) is 16.6. The average Bonchev–Trinajstić information content (AvgIpc) is 3.22. The van der Waals surface area contributed by atoms with Crippen molar-refractivity contribution in [1.29, 1.82) is 5.26 Å². The second kappa shape index (κ2) is 6.83. The van der Waals surface area contributed by atoms with Crippen LogP contribution in [0.25, 0.3) is 17.0 Å². The molecule has 1 saturated heterocycles. The Morgan fingerprint density at radius 1 is 1.15 bits per heavy atom. The number of nitrogens with zero attached hydrogens (tertiary/aromatic N) is 2. The molecular weight excluding hydrogens is 362 g/mol. The molecule has 0 radical (unpaired) electrons. The fourth-order valence-corrected chi connectivity index (χ4v) is 3.16. The second-order valence-corrected chi connectivity index (χ2v) is 6.56. The van der Waals surface area contributed by atoms with E-state index >= 15 is 0 Å². The Kier molecular flexibility index (Phi) is 4.21. The number of furan rings is 1. The van der Waals surface area contributed by atoms with E-state index in [4.69, 9.17) is 9.68 Å². The Hall–Kier alpha value is -3.81. The van der Waals surface area contributed by atoms with Crippen LogP contribution in [-0.2, 0) is 4.79 Å². The maximum Gasteiger partial charge on any atom is 0.290 e. The van der Waals surface area contributed by atoms with Gasteiger partial charge in [0.15, 0.2) is 5.58 Å². The van der Waals surface area contributed by atoms with Crippen LogP contribution >= 0.6 is 11.8 Å². The van der Waals surface area contributed by atoms with Gasteiger partial charge in [0.25, 0.3) is 11.1 Å².